The Bertz CT molecular complexity index is 398. The van der Waals surface area contributed by atoms with E-state index in [9.17, 15) is 9.18 Å². The average molecular weight is 298 g/mol. The Morgan fingerprint density at radius 3 is 2.38 bits per heavy atom. The first kappa shape index (κ1) is 17.2. The lowest BCUT2D eigenvalue weighted by atomic mass is 10.3. The molecule has 0 fully saturated rings. The monoisotopic (exact) mass is 298 g/mol. The number of carbonyl (C=O) groups excluding carboxylic acids is 1. The van der Waals surface area contributed by atoms with Crippen molar-refractivity contribution in [3.8, 4) is 5.75 Å². The lowest BCUT2D eigenvalue weighted by Crippen LogP contribution is -2.36. The standard InChI is InChI=1S/C15H23FN2O3/c1-20-11-4-10-18-15(19)17-9-2-3-12-21-14-7-5-13(16)6-8-14/h5-8H,2-4,9-12H2,1H3,(H2,17,18,19). The van der Waals surface area contributed by atoms with Crippen LogP contribution in [0.15, 0.2) is 24.3 Å². The zero-order valence-electron chi connectivity index (χ0n) is 12.4. The summed E-state index contributed by atoms with van der Waals surface area (Å²) >= 11 is 0. The number of amides is 2. The van der Waals surface area contributed by atoms with Crippen LogP contribution in [0.25, 0.3) is 0 Å². The minimum absolute atomic E-state index is 0.162. The SMILES string of the molecule is COCCCNC(=O)NCCCCOc1ccc(F)cc1. The fraction of sp³-hybridized carbons (Fsp3) is 0.533. The lowest BCUT2D eigenvalue weighted by molar-refractivity contribution is 0.193. The highest BCUT2D eigenvalue weighted by molar-refractivity contribution is 5.73. The van der Waals surface area contributed by atoms with E-state index in [0.29, 0.717) is 32.1 Å². The number of unbranched alkanes of at least 4 members (excludes halogenated alkanes) is 1. The molecular formula is C15H23FN2O3. The molecule has 1 aromatic carbocycles. The van der Waals surface area contributed by atoms with Gasteiger partial charge in [0.05, 0.1) is 6.61 Å². The molecule has 0 unspecified atom stereocenters. The molecular weight excluding hydrogens is 275 g/mol. The van der Waals surface area contributed by atoms with Gasteiger partial charge in [-0.2, -0.15) is 0 Å². The van der Waals surface area contributed by atoms with Crippen molar-refractivity contribution < 1.29 is 18.7 Å². The van der Waals surface area contributed by atoms with E-state index >= 15 is 0 Å². The van der Waals surface area contributed by atoms with Crippen LogP contribution in [0.5, 0.6) is 5.75 Å². The molecule has 118 valence electrons. The summed E-state index contributed by atoms with van der Waals surface area (Å²) < 4.78 is 23.0. The van der Waals surface area contributed by atoms with Crippen molar-refractivity contribution >= 4 is 6.03 Å². The number of carbonyl (C=O) groups is 1. The smallest absolute Gasteiger partial charge is 0.314 e. The summed E-state index contributed by atoms with van der Waals surface area (Å²) in [6, 6.07) is 5.77. The summed E-state index contributed by atoms with van der Waals surface area (Å²) in [4.78, 5) is 11.4. The molecule has 0 aliphatic carbocycles. The summed E-state index contributed by atoms with van der Waals surface area (Å²) in [5, 5.41) is 5.51. The zero-order chi connectivity index (χ0) is 15.3. The molecule has 0 bridgehead atoms. The normalized spacial score (nSPS) is 10.2. The number of halogens is 1. The Kier molecular flexibility index (Phi) is 8.95. The van der Waals surface area contributed by atoms with Crippen LogP contribution >= 0.6 is 0 Å². The minimum atomic E-state index is -0.275. The number of nitrogens with one attached hydrogen (secondary N) is 2. The molecule has 0 aliphatic heterocycles. The number of hydrogen-bond acceptors (Lipinski definition) is 3. The van der Waals surface area contributed by atoms with E-state index in [0.717, 1.165) is 19.3 Å². The van der Waals surface area contributed by atoms with E-state index in [2.05, 4.69) is 10.6 Å². The fourth-order valence-corrected chi connectivity index (χ4v) is 1.63. The Balaban J connectivity index is 1.94. The fourth-order valence-electron chi connectivity index (χ4n) is 1.63. The molecule has 0 spiro atoms. The maximum absolute atomic E-state index is 12.7. The minimum Gasteiger partial charge on any atom is -0.494 e. The van der Waals surface area contributed by atoms with Crippen molar-refractivity contribution in [2.24, 2.45) is 0 Å². The molecule has 2 amide bonds. The van der Waals surface area contributed by atoms with Crippen molar-refractivity contribution in [3.05, 3.63) is 30.1 Å². The average Bonchev–Trinajstić information content (AvgIpc) is 2.49. The molecule has 0 radical (unpaired) electrons. The quantitative estimate of drug-likeness (QED) is 0.652. The summed E-state index contributed by atoms with van der Waals surface area (Å²) in [6.07, 6.45) is 2.45. The third-order valence-corrected chi connectivity index (χ3v) is 2.75. The van der Waals surface area contributed by atoms with Gasteiger partial charge in [-0.05, 0) is 43.5 Å². The van der Waals surface area contributed by atoms with Gasteiger partial charge in [0, 0.05) is 26.8 Å². The highest BCUT2D eigenvalue weighted by Crippen LogP contribution is 2.11. The first-order valence-corrected chi connectivity index (χ1v) is 7.11. The van der Waals surface area contributed by atoms with Gasteiger partial charge in [0.15, 0.2) is 0 Å². The van der Waals surface area contributed by atoms with Crippen molar-refractivity contribution in [2.45, 2.75) is 19.3 Å². The highest BCUT2D eigenvalue weighted by atomic mass is 19.1. The van der Waals surface area contributed by atoms with Crippen molar-refractivity contribution in [2.75, 3.05) is 33.4 Å². The molecule has 21 heavy (non-hydrogen) atoms. The Hall–Kier alpha value is -1.82. The Morgan fingerprint density at radius 2 is 1.71 bits per heavy atom. The second-order valence-corrected chi connectivity index (χ2v) is 4.54. The topological polar surface area (TPSA) is 59.6 Å². The third-order valence-electron chi connectivity index (χ3n) is 2.75. The van der Waals surface area contributed by atoms with Gasteiger partial charge in [0.1, 0.15) is 11.6 Å². The van der Waals surface area contributed by atoms with Crippen LogP contribution in [-0.2, 0) is 4.74 Å². The van der Waals surface area contributed by atoms with Crippen LogP contribution in [0, 0.1) is 5.82 Å². The molecule has 0 saturated carbocycles. The van der Waals surface area contributed by atoms with Gasteiger partial charge in [-0.3, -0.25) is 0 Å². The van der Waals surface area contributed by atoms with Crippen LogP contribution in [0.1, 0.15) is 19.3 Å². The molecule has 0 aliphatic rings. The van der Waals surface area contributed by atoms with Crippen molar-refractivity contribution in [1.82, 2.24) is 10.6 Å². The van der Waals surface area contributed by atoms with Gasteiger partial charge in [0.2, 0.25) is 0 Å². The molecule has 6 heteroatoms. The van der Waals surface area contributed by atoms with E-state index in [4.69, 9.17) is 9.47 Å². The molecule has 0 aromatic heterocycles. The van der Waals surface area contributed by atoms with E-state index in [1.165, 1.54) is 12.1 Å². The lowest BCUT2D eigenvalue weighted by Gasteiger charge is -2.08. The second kappa shape index (κ2) is 10.9. The molecule has 5 nitrogen and oxygen atoms in total. The van der Waals surface area contributed by atoms with Crippen LogP contribution in [0.2, 0.25) is 0 Å². The predicted molar refractivity (Wildman–Crippen MR) is 79.0 cm³/mol. The van der Waals surface area contributed by atoms with Crippen LogP contribution in [0.3, 0.4) is 0 Å². The summed E-state index contributed by atoms with van der Waals surface area (Å²) in [5.41, 5.74) is 0. The summed E-state index contributed by atoms with van der Waals surface area (Å²) in [5.74, 6) is 0.378. The first-order valence-electron chi connectivity index (χ1n) is 7.11. The highest BCUT2D eigenvalue weighted by Gasteiger charge is 1.99. The third kappa shape index (κ3) is 8.86. The van der Waals surface area contributed by atoms with Gasteiger partial charge >= 0.3 is 6.03 Å². The number of ether oxygens (including phenoxy) is 2. The molecule has 0 heterocycles. The number of hydrogen-bond donors (Lipinski definition) is 2. The second-order valence-electron chi connectivity index (χ2n) is 4.54. The number of rotatable bonds is 10. The van der Waals surface area contributed by atoms with Crippen LogP contribution < -0.4 is 15.4 Å². The van der Waals surface area contributed by atoms with Gasteiger partial charge in [-0.25, -0.2) is 9.18 Å². The molecule has 0 atom stereocenters. The zero-order valence-corrected chi connectivity index (χ0v) is 12.4. The van der Waals surface area contributed by atoms with E-state index in [1.807, 2.05) is 0 Å². The van der Waals surface area contributed by atoms with Crippen LogP contribution in [0.4, 0.5) is 9.18 Å². The Morgan fingerprint density at radius 1 is 1.05 bits per heavy atom. The van der Waals surface area contributed by atoms with Crippen molar-refractivity contribution in [1.29, 1.82) is 0 Å². The number of benzene rings is 1. The molecule has 1 rings (SSSR count). The number of urea groups is 1. The van der Waals surface area contributed by atoms with E-state index < -0.39 is 0 Å². The van der Waals surface area contributed by atoms with Gasteiger partial charge in [-0.1, -0.05) is 0 Å². The van der Waals surface area contributed by atoms with Crippen molar-refractivity contribution in [3.63, 3.8) is 0 Å². The Labute approximate surface area is 124 Å². The van der Waals surface area contributed by atoms with Gasteiger partial charge in [0.25, 0.3) is 0 Å². The predicted octanol–water partition coefficient (Wildman–Crippen LogP) is 2.32. The van der Waals surface area contributed by atoms with Gasteiger partial charge in [-0.15, -0.1) is 0 Å². The molecule has 0 saturated heterocycles. The van der Waals surface area contributed by atoms with E-state index in [-0.39, 0.29) is 11.8 Å². The largest absolute Gasteiger partial charge is 0.494 e. The number of methoxy groups -OCH3 is 1. The maximum Gasteiger partial charge on any atom is 0.314 e. The van der Waals surface area contributed by atoms with Gasteiger partial charge < -0.3 is 20.1 Å². The van der Waals surface area contributed by atoms with E-state index in [1.54, 1.807) is 19.2 Å². The molecule has 2 N–H and O–H groups in total. The summed E-state index contributed by atoms with van der Waals surface area (Å²) in [6.45, 7) is 2.39. The maximum atomic E-state index is 12.7. The van der Waals surface area contributed by atoms with Crippen LogP contribution in [-0.4, -0.2) is 39.4 Å². The summed E-state index contributed by atoms with van der Waals surface area (Å²) in [7, 11) is 1.63. The first-order chi connectivity index (χ1) is 10.2. The molecule has 1 aromatic rings.